The number of hydrogen-bond acceptors (Lipinski definition) is 4. The van der Waals surface area contributed by atoms with Crippen LogP contribution in [0.4, 0.5) is 0 Å². The van der Waals surface area contributed by atoms with Crippen molar-refractivity contribution in [1.82, 2.24) is 0 Å². The molecule has 0 heterocycles. The minimum atomic E-state index is 0. The standard InChI is InChI=1S/4C8H10O.Zr/c4*1-6-4-3-5-7(2)8(6)9;/h4*3-5,9H,1-2H3;/q;;;;+4/p-4. The summed E-state index contributed by atoms with van der Waals surface area (Å²) in [5.74, 6) is 0.657. The van der Waals surface area contributed by atoms with Crippen LogP contribution in [0.1, 0.15) is 44.5 Å². The van der Waals surface area contributed by atoms with Crippen molar-refractivity contribution in [1.29, 1.82) is 0 Å². The molecule has 0 saturated heterocycles. The fourth-order valence-corrected chi connectivity index (χ4v) is 3.20. The van der Waals surface area contributed by atoms with Gasteiger partial charge in [-0.1, -0.05) is 117 Å². The Hall–Kier alpha value is -3.04. The normalized spacial score (nSPS) is 9.30. The molecule has 0 aromatic heterocycles. The van der Waals surface area contributed by atoms with Gasteiger partial charge in [-0.2, -0.15) is 0 Å². The van der Waals surface area contributed by atoms with Crippen molar-refractivity contribution in [3.63, 3.8) is 0 Å². The molecule has 0 amide bonds. The van der Waals surface area contributed by atoms with Crippen LogP contribution in [0.25, 0.3) is 0 Å². The molecule has 37 heavy (non-hydrogen) atoms. The monoisotopic (exact) mass is 574 g/mol. The maximum Gasteiger partial charge on any atom is 4.00 e. The van der Waals surface area contributed by atoms with Gasteiger partial charge >= 0.3 is 26.2 Å². The van der Waals surface area contributed by atoms with Gasteiger partial charge in [0.25, 0.3) is 0 Å². The zero-order chi connectivity index (χ0) is 27.4. The molecule has 0 aliphatic heterocycles. The van der Waals surface area contributed by atoms with E-state index in [-0.39, 0.29) is 49.2 Å². The largest absolute Gasteiger partial charge is 4.00 e. The SMILES string of the molecule is Cc1cccc(C)c1[O-].Cc1cccc(C)c1[O-].Cc1cccc(C)c1[O-].Cc1cccc(C)c1[O-].[Zr+4]. The first-order chi connectivity index (χ1) is 16.9. The molecule has 0 spiro atoms. The van der Waals surface area contributed by atoms with Crippen LogP contribution in [0.2, 0.25) is 0 Å². The summed E-state index contributed by atoms with van der Waals surface area (Å²) in [6, 6.07) is 22.2. The van der Waals surface area contributed by atoms with Crippen LogP contribution in [0, 0.1) is 55.4 Å². The summed E-state index contributed by atoms with van der Waals surface area (Å²) in [6.07, 6.45) is 0. The van der Waals surface area contributed by atoms with E-state index in [2.05, 4.69) is 0 Å². The van der Waals surface area contributed by atoms with Crippen molar-refractivity contribution in [3.05, 3.63) is 117 Å². The van der Waals surface area contributed by atoms with Crippen LogP contribution >= 0.6 is 0 Å². The molecule has 0 unspecified atom stereocenters. The number of para-hydroxylation sites is 4. The average molecular weight is 576 g/mol. The van der Waals surface area contributed by atoms with Gasteiger partial charge in [0.05, 0.1) is 0 Å². The molecular formula is C32H36O4Zr. The molecule has 0 N–H and O–H groups in total. The molecule has 0 aliphatic carbocycles. The van der Waals surface area contributed by atoms with Crippen LogP contribution in [0.5, 0.6) is 23.0 Å². The zero-order valence-electron chi connectivity index (χ0n) is 23.1. The van der Waals surface area contributed by atoms with Gasteiger partial charge in [0, 0.05) is 0 Å². The summed E-state index contributed by atoms with van der Waals surface area (Å²) in [7, 11) is 0. The Kier molecular flexibility index (Phi) is 15.3. The predicted octanol–water partition coefficient (Wildman–Crippen LogP) is 5.51. The summed E-state index contributed by atoms with van der Waals surface area (Å²) >= 11 is 0. The number of hydrogen-bond donors (Lipinski definition) is 0. The summed E-state index contributed by atoms with van der Waals surface area (Å²) in [5.41, 5.74) is 6.63. The van der Waals surface area contributed by atoms with Crippen molar-refractivity contribution >= 4 is 0 Å². The van der Waals surface area contributed by atoms with Crippen molar-refractivity contribution in [2.45, 2.75) is 55.4 Å². The van der Waals surface area contributed by atoms with Crippen LogP contribution < -0.4 is 20.4 Å². The Morgan fingerprint density at radius 3 is 0.486 bits per heavy atom. The molecule has 192 valence electrons. The first-order valence-electron chi connectivity index (χ1n) is 11.8. The Balaban J connectivity index is 0.000000463. The molecule has 0 radical (unpaired) electrons. The van der Waals surface area contributed by atoms with Crippen LogP contribution in [-0.2, 0) is 26.2 Å². The van der Waals surface area contributed by atoms with E-state index in [0.717, 1.165) is 44.5 Å². The first-order valence-corrected chi connectivity index (χ1v) is 11.8. The van der Waals surface area contributed by atoms with Crippen molar-refractivity contribution in [2.24, 2.45) is 0 Å². The van der Waals surface area contributed by atoms with Gasteiger partial charge in [-0.15, -0.1) is 23.0 Å². The van der Waals surface area contributed by atoms with Gasteiger partial charge < -0.3 is 20.4 Å². The predicted molar refractivity (Wildman–Crippen MR) is 141 cm³/mol. The molecule has 4 nitrogen and oxygen atoms in total. The molecule has 0 fully saturated rings. The van der Waals surface area contributed by atoms with Crippen molar-refractivity contribution in [3.8, 4) is 23.0 Å². The third-order valence-corrected chi connectivity index (χ3v) is 5.64. The molecule has 0 bridgehead atoms. The minimum Gasteiger partial charge on any atom is -0.872 e. The molecule has 0 atom stereocenters. The van der Waals surface area contributed by atoms with E-state index in [1.165, 1.54) is 0 Å². The topological polar surface area (TPSA) is 92.2 Å². The fourth-order valence-electron chi connectivity index (χ4n) is 3.20. The first kappa shape index (κ1) is 34.0. The van der Waals surface area contributed by atoms with Crippen LogP contribution in [0.15, 0.2) is 72.8 Å². The summed E-state index contributed by atoms with van der Waals surface area (Å²) in [6.45, 7) is 14.6. The third kappa shape index (κ3) is 11.3. The second-order valence-corrected chi connectivity index (χ2v) is 8.88. The maximum atomic E-state index is 11.0. The Labute approximate surface area is 241 Å². The summed E-state index contributed by atoms with van der Waals surface area (Å²) in [5, 5.41) is 43.9. The van der Waals surface area contributed by atoms with Gasteiger partial charge in [-0.3, -0.25) is 0 Å². The minimum absolute atomic E-state index is 0. The number of benzene rings is 4. The summed E-state index contributed by atoms with van der Waals surface area (Å²) < 4.78 is 0. The maximum absolute atomic E-state index is 11.0. The zero-order valence-corrected chi connectivity index (χ0v) is 25.5. The second kappa shape index (κ2) is 16.7. The second-order valence-electron chi connectivity index (χ2n) is 8.88. The molecule has 0 saturated carbocycles. The van der Waals surface area contributed by atoms with E-state index >= 15 is 0 Å². The Bertz CT molecular complexity index is 987. The third-order valence-electron chi connectivity index (χ3n) is 5.64. The van der Waals surface area contributed by atoms with Crippen LogP contribution in [-0.4, -0.2) is 0 Å². The van der Waals surface area contributed by atoms with E-state index in [0.29, 0.717) is 0 Å². The molecule has 0 aliphatic rings. The molecule has 5 heteroatoms. The van der Waals surface area contributed by atoms with Gasteiger partial charge in [0.1, 0.15) is 0 Å². The quantitative estimate of drug-likeness (QED) is 0.277. The van der Waals surface area contributed by atoms with Crippen molar-refractivity contribution in [2.75, 3.05) is 0 Å². The average Bonchev–Trinajstić information content (AvgIpc) is 2.84. The molecular weight excluding hydrogens is 540 g/mol. The number of aryl methyl sites for hydroxylation is 8. The molecule has 4 aromatic carbocycles. The van der Waals surface area contributed by atoms with E-state index in [1.807, 2.05) is 128 Å². The van der Waals surface area contributed by atoms with Gasteiger partial charge in [-0.25, -0.2) is 0 Å². The molecule has 4 aromatic rings. The Morgan fingerprint density at radius 2 is 0.405 bits per heavy atom. The van der Waals surface area contributed by atoms with Gasteiger partial charge in [-0.05, 0) is 55.4 Å². The van der Waals surface area contributed by atoms with Gasteiger partial charge in [0.15, 0.2) is 0 Å². The molecule has 4 rings (SSSR count). The van der Waals surface area contributed by atoms with E-state index < -0.39 is 0 Å². The smallest absolute Gasteiger partial charge is 0.872 e. The van der Waals surface area contributed by atoms with E-state index in [1.54, 1.807) is 0 Å². The van der Waals surface area contributed by atoms with Crippen molar-refractivity contribution < 1.29 is 46.6 Å². The Morgan fingerprint density at radius 1 is 0.297 bits per heavy atom. The van der Waals surface area contributed by atoms with Gasteiger partial charge in [0.2, 0.25) is 0 Å². The van der Waals surface area contributed by atoms with E-state index in [4.69, 9.17) is 0 Å². The van der Waals surface area contributed by atoms with E-state index in [9.17, 15) is 20.4 Å². The van der Waals surface area contributed by atoms with Crippen LogP contribution in [0.3, 0.4) is 0 Å². The fraction of sp³-hybridized carbons (Fsp3) is 0.250. The number of rotatable bonds is 0. The summed E-state index contributed by atoms with van der Waals surface area (Å²) in [4.78, 5) is 0.